The van der Waals surface area contributed by atoms with Crippen LogP contribution in [-0.4, -0.2) is 56.3 Å². The van der Waals surface area contributed by atoms with E-state index in [2.05, 4.69) is 0 Å². The molecule has 0 radical (unpaired) electrons. The van der Waals surface area contributed by atoms with E-state index in [1.165, 1.54) is 4.31 Å². The Kier molecular flexibility index (Phi) is 5.36. The number of fused-ring (bicyclic) bond motifs is 1. The fraction of sp³-hybridized carbons (Fsp3) is 0.409. The third-order valence-electron chi connectivity index (χ3n) is 5.89. The van der Waals surface area contributed by atoms with E-state index in [-0.39, 0.29) is 11.8 Å². The average Bonchev–Trinajstić information content (AvgIpc) is 2.74. The number of aryl methyl sites for hydroxylation is 2. The second-order valence-electron chi connectivity index (χ2n) is 7.80. The Bertz CT molecular complexity index is 1030. The van der Waals surface area contributed by atoms with Gasteiger partial charge in [-0.15, -0.1) is 0 Å². The third kappa shape index (κ3) is 3.89. The van der Waals surface area contributed by atoms with Crippen molar-refractivity contribution in [1.29, 1.82) is 0 Å². The maximum atomic E-state index is 13.0. The lowest BCUT2D eigenvalue weighted by molar-refractivity contribution is -0.138. The second kappa shape index (κ2) is 7.80. The molecule has 1 saturated heterocycles. The molecule has 0 aliphatic carbocycles. The van der Waals surface area contributed by atoms with Crippen molar-refractivity contribution in [1.82, 2.24) is 9.21 Å². The number of rotatable bonds is 3. The zero-order valence-electron chi connectivity index (χ0n) is 16.8. The molecule has 7 heteroatoms. The molecule has 1 amide bonds. The maximum absolute atomic E-state index is 13.0. The summed E-state index contributed by atoms with van der Waals surface area (Å²) in [4.78, 5) is 15.0. The molecule has 4 rings (SSSR count). The molecule has 2 aliphatic rings. The Morgan fingerprint density at radius 3 is 2.45 bits per heavy atom. The van der Waals surface area contributed by atoms with Gasteiger partial charge in [-0.1, -0.05) is 24.3 Å². The first kappa shape index (κ1) is 19.9. The highest BCUT2D eigenvalue weighted by Crippen LogP contribution is 2.28. The molecule has 2 heterocycles. The molecule has 2 aromatic carbocycles. The van der Waals surface area contributed by atoms with E-state index < -0.39 is 10.0 Å². The summed E-state index contributed by atoms with van der Waals surface area (Å²) in [7, 11) is -3.54. The standard InChI is InChI=1S/C22H26N2O4S/c1-16-7-8-20(13-17(16)2)29(26,27)24-11-9-23(10-12-24)22(25)19-14-18-5-3-4-6-21(18)28-15-19/h3-8,13,19H,9-12,14-15H2,1-2H3. The minimum Gasteiger partial charge on any atom is -0.492 e. The molecule has 1 unspecified atom stereocenters. The van der Waals surface area contributed by atoms with E-state index in [9.17, 15) is 13.2 Å². The summed E-state index contributed by atoms with van der Waals surface area (Å²) in [6.07, 6.45) is 0.663. The van der Waals surface area contributed by atoms with Crippen molar-refractivity contribution in [3.63, 3.8) is 0 Å². The van der Waals surface area contributed by atoms with Gasteiger partial charge in [0.2, 0.25) is 15.9 Å². The molecule has 29 heavy (non-hydrogen) atoms. The zero-order chi connectivity index (χ0) is 20.6. The number of carbonyl (C=O) groups is 1. The number of amides is 1. The summed E-state index contributed by atoms with van der Waals surface area (Å²) in [6, 6.07) is 13.0. The first-order chi connectivity index (χ1) is 13.9. The number of hydrogen-bond acceptors (Lipinski definition) is 4. The molecule has 0 aromatic heterocycles. The van der Waals surface area contributed by atoms with Crippen LogP contribution in [0.1, 0.15) is 16.7 Å². The normalized spacial score (nSPS) is 20.1. The largest absolute Gasteiger partial charge is 0.492 e. The second-order valence-corrected chi connectivity index (χ2v) is 9.73. The number of hydrogen-bond donors (Lipinski definition) is 0. The van der Waals surface area contributed by atoms with Crippen molar-refractivity contribution in [2.24, 2.45) is 5.92 Å². The summed E-state index contributed by atoms with van der Waals surface area (Å²) >= 11 is 0. The quantitative estimate of drug-likeness (QED) is 0.774. The fourth-order valence-electron chi connectivity index (χ4n) is 3.92. The molecule has 154 valence electrons. The van der Waals surface area contributed by atoms with Crippen molar-refractivity contribution in [3.8, 4) is 5.75 Å². The summed E-state index contributed by atoms with van der Waals surface area (Å²) < 4.78 is 33.2. The molecule has 0 saturated carbocycles. The van der Waals surface area contributed by atoms with Gasteiger partial charge >= 0.3 is 0 Å². The van der Waals surface area contributed by atoms with Gasteiger partial charge in [-0.2, -0.15) is 4.31 Å². The van der Waals surface area contributed by atoms with Crippen molar-refractivity contribution in [2.75, 3.05) is 32.8 Å². The van der Waals surface area contributed by atoms with Gasteiger partial charge in [0.05, 0.1) is 10.8 Å². The van der Waals surface area contributed by atoms with Crippen LogP contribution >= 0.6 is 0 Å². The topological polar surface area (TPSA) is 66.9 Å². The number of nitrogens with zero attached hydrogens (tertiary/aromatic N) is 2. The Morgan fingerprint density at radius 1 is 1.00 bits per heavy atom. The van der Waals surface area contributed by atoms with Crippen LogP contribution in [0.2, 0.25) is 0 Å². The fourth-order valence-corrected chi connectivity index (χ4v) is 5.42. The van der Waals surface area contributed by atoms with Gasteiger partial charge in [0.25, 0.3) is 0 Å². The van der Waals surface area contributed by atoms with Crippen molar-refractivity contribution in [3.05, 3.63) is 59.2 Å². The Balaban J connectivity index is 1.40. The predicted molar refractivity (Wildman–Crippen MR) is 110 cm³/mol. The molecule has 1 fully saturated rings. The van der Waals surface area contributed by atoms with Crippen LogP contribution in [0.3, 0.4) is 0 Å². The molecule has 0 bridgehead atoms. The maximum Gasteiger partial charge on any atom is 0.243 e. The third-order valence-corrected chi connectivity index (χ3v) is 7.79. The van der Waals surface area contributed by atoms with Crippen LogP contribution in [0.5, 0.6) is 5.75 Å². The molecular formula is C22H26N2O4S. The summed E-state index contributed by atoms with van der Waals surface area (Å²) in [6.45, 7) is 5.67. The Morgan fingerprint density at radius 2 is 1.72 bits per heavy atom. The minimum atomic E-state index is -3.54. The summed E-state index contributed by atoms with van der Waals surface area (Å²) in [5.74, 6) is 0.677. The van der Waals surface area contributed by atoms with Gasteiger partial charge in [0.1, 0.15) is 12.4 Å². The molecule has 2 aromatic rings. The van der Waals surface area contributed by atoms with Crippen molar-refractivity contribution < 1.29 is 17.9 Å². The predicted octanol–water partition coefficient (Wildman–Crippen LogP) is 2.39. The minimum absolute atomic E-state index is 0.0442. The number of sulfonamides is 1. The van der Waals surface area contributed by atoms with Crippen LogP contribution in [0.25, 0.3) is 0 Å². The lowest BCUT2D eigenvalue weighted by Gasteiger charge is -2.36. The van der Waals surface area contributed by atoms with Crippen LogP contribution in [0.15, 0.2) is 47.4 Å². The Labute approximate surface area is 172 Å². The number of carbonyl (C=O) groups excluding carboxylic acids is 1. The first-order valence-electron chi connectivity index (χ1n) is 9.93. The van der Waals surface area contributed by atoms with E-state index in [0.29, 0.717) is 44.1 Å². The number of ether oxygens (including phenoxy) is 1. The van der Waals surface area contributed by atoms with Gasteiger partial charge < -0.3 is 9.64 Å². The molecule has 0 spiro atoms. The van der Waals surface area contributed by atoms with Gasteiger partial charge in [0.15, 0.2) is 0 Å². The molecular weight excluding hydrogens is 388 g/mol. The van der Waals surface area contributed by atoms with Gasteiger partial charge in [-0.05, 0) is 55.2 Å². The lowest BCUT2D eigenvalue weighted by atomic mass is 9.95. The van der Waals surface area contributed by atoms with Crippen LogP contribution in [0, 0.1) is 19.8 Å². The highest BCUT2D eigenvalue weighted by atomic mass is 32.2. The van der Waals surface area contributed by atoms with E-state index in [4.69, 9.17) is 4.74 Å². The van der Waals surface area contributed by atoms with Crippen LogP contribution < -0.4 is 4.74 Å². The van der Waals surface area contributed by atoms with Crippen LogP contribution in [-0.2, 0) is 21.2 Å². The Hall–Kier alpha value is -2.38. The molecule has 2 aliphatic heterocycles. The van der Waals surface area contributed by atoms with E-state index in [0.717, 1.165) is 22.4 Å². The SMILES string of the molecule is Cc1ccc(S(=O)(=O)N2CCN(C(=O)C3COc4ccccc4C3)CC2)cc1C. The smallest absolute Gasteiger partial charge is 0.243 e. The monoisotopic (exact) mass is 414 g/mol. The van der Waals surface area contributed by atoms with Crippen molar-refractivity contribution >= 4 is 15.9 Å². The number of benzene rings is 2. The number of piperazine rings is 1. The zero-order valence-corrected chi connectivity index (χ0v) is 17.6. The molecule has 6 nitrogen and oxygen atoms in total. The van der Waals surface area contributed by atoms with Gasteiger partial charge in [-0.3, -0.25) is 4.79 Å². The van der Waals surface area contributed by atoms with Gasteiger partial charge in [-0.25, -0.2) is 8.42 Å². The van der Waals surface area contributed by atoms with E-state index >= 15 is 0 Å². The van der Waals surface area contributed by atoms with Gasteiger partial charge in [0, 0.05) is 26.2 Å². The molecule has 0 N–H and O–H groups in total. The first-order valence-corrected chi connectivity index (χ1v) is 11.4. The van der Waals surface area contributed by atoms with Crippen molar-refractivity contribution in [2.45, 2.75) is 25.2 Å². The number of para-hydroxylation sites is 1. The summed E-state index contributed by atoms with van der Waals surface area (Å²) in [5.41, 5.74) is 3.07. The average molecular weight is 415 g/mol. The highest BCUT2D eigenvalue weighted by Gasteiger charge is 2.34. The van der Waals surface area contributed by atoms with E-state index in [1.54, 1.807) is 17.0 Å². The highest BCUT2D eigenvalue weighted by molar-refractivity contribution is 7.89. The molecule has 1 atom stereocenters. The van der Waals surface area contributed by atoms with E-state index in [1.807, 2.05) is 44.2 Å². The van der Waals surface area contributed by atoms with Crippen LogP contribution in [0.4, 0.5) is 0 Å². The summed E-state index contributed by atoms with van der Waals surface area (Å²) in [5, 5.41) is 0. The lowest BCUT2D eigenvalue weighted by Crippen LogP contribution is -2.52.